The summed E-state index contributed by atoms with van der Waals surface area (Å²) in [7, 11) is 3.17. The first-order valence-electron chi connectivity index (χ1n) is 6.46. The largest absolute Gasteiger partial charge is 0.469 e. The SMILES string of the molecule is CCc1cc2c(NCCC(=O)OC)nc(NC)nc2s1. The van der Waals surface area contributed by atoms with Crippen molar-refractivity contribution in [2.24, 2.45) is 0 Å². The van der Waals surface area contributed by atoms with Crippen molar-refractivity contribution >= 4 is 39.3 Å². The molecule has 2 aromatic heterocycles. The maximum Gasteiger partial charge on any atom is 0.307 e. The van der Waals surface area contributed by atoms with Crippen LogP contribution in [0.15, 0.2) is 6.07 Å². The highest BCUT2D eigenvalue weighted by Gasteiger charge is 2.11. The number of rotatable bonds is 6. The van der Waals surface area contributed by atoms with Crippen molar-refractivity contribution in [1.82, 2.24) is 9.97 Å². The Morgan fingerprint density at radius 1 is 1.45 bits per heavy atom. The Morgan fingerprint density at radius 3 is 2.90 bits per heavy atom. The average Bonchev–Trinajstić information content (AvgIpc) is 2.89. The molecule has 0 saturated carbocycles. The number of esters is 1. The number of methoxy groups -OCH3 is 1. The molecule has 7 heteroatoms. The van der Waals surface area contributed by atoms with E-state index in [0.29, 0.717) is 18.9 Å². The molecule has 0 amide bonds. The quantitative estimate of drug-likeness (QED) is 0.796. The third-order valence-electron chi connectivity index (χ3n) is 2.87. The van der Waals surface area contributed by atoms with E-state index in [1.54, 1.807) is 18.4 Å². The number of nitrogens with zero attached hydrogens (tertiary/aromatic N) is 2. The first kappa shape index (κ1) is 14.5. The summed E-state index contributed by atoms with van der Waals surface area (Å²) >= 11 is 1.66. The lowest BCUT2D eigenvalue weighted by Crippen LogP contribution is -2.11. The van der Waals surface area contributed by atoms with E-state index in [2.05, 4.69) is 38.3 Å². The lowest BCUT2D eigenvalue weighted by molar-refractivity contribution is -0.140. The van der Waals surface area contributed by atoms with Gasteiger partial charge in [0.05, 0.1) is 18.9 Å². The Balaban J connectivity index is 2.25. The summed E-state index contributed by atoms with van der Waals surface area (Å²) in [6, 6.07) is 2.10. The van der Waals surface area contributed by atoms with Gasteiger partial charge in [-0.3, -0.25) is 4.79 Å². The summed E-state index contributed by atoms with van der Waals surface area (Å²) < 4.78 is 4.62. The Kier molecular flexibility index (Phi) is 4.73. The monoisotopic (exact) mass is 294 g/mol. The van der Waals surface area contributed by atoms with Gasteiger partial charge in [-0.1, -0.05) is 6.92 Å². The second-order valence-electron chi connectivity index (χ2n) is 4.18. The second kappa shape index (κ2) is 6.51. The highest BCUT2D eigenvalue weighted by atomic mass is 32.1. The first-order chi connectivity index (χ1) is 9.67. The smallest absolute Gasteiger partial charge is 0.307 e. The summed E-state index contributed by atoms with van der Waals surface area (Å²) in [6.07, 6.45) is 1.28. The van der Waals surface area contributed by atoms with Gasteiger partial charge in [0, 0.05) is 18.5 Å². The van der Waals surface area contributed by atoms with E-state index >= 15 is 0 Å². The molecule has 20 heavy (non-hydrogen) atoms. The fourth-order valence-corrected chi connectivity index (χ4v) is 2.74. The molecule has 0 saturated heterocycles. The fraction of sp³-hybridized carbons (Fsp3) is 0.462. The molecule has 108 valence electrons. The Hall–Kier alpha value is -1.89. The van der Waals surface area contributed by atoms with Crippen LogP contribution < -0.4 is 10.6 Å². The van der Waals surface area contributed by atoms with Crippen molar-refractivity contribution in [3.8, 4) is 0 Å². The Labute approximate surface area is 121 Å². The highest BCUT2D eigenvalue weighted by Crippen LogP contribution is 2.30. The maximum atomic E-state index is 11.1. The third-order valence-corrected chi connectivity index (χ3v) is 4.04. The van der Waals surface area contributed by atoms with E-state index < -0.39 is 0 Å². The number of aromatic nitrogens is 2. The number of nitrogens with one attached hydrogen (secondary N) is 2. The van der Waals surface area contributed by atoms with Gasteiger partial charge >= 0.3 is 5.97 Å². The van der Waals surface area contributed by atoms with Gasteiger partial charge in [-0.15, -0.1) is 11.3 Å². The molecule has 2 aromatic rings. The van der Waals surface area contributed by atoms with E-state index in [-0.39, 0.29) is 5.97 Å². The van der Waals surface area contributed by atoms with E-state index in [4.69, 9.17) is 0 Å². The van der Waals surface area contributed by atoms with Crippen LogP contribution in [-0.4, -0.2) is 36.6 Å². The molecular weight excluding hydrogens is 276 g/mol. The molecule has 2 rings (SSSR count). The minimum absolute atomic E-state index is 0.240. The van der Waals surface area contributed by atoms with E-state index in [1.807, 2.05) is 0 Å². The van der Waals surface area contributed by atoms with Crippen LogP contribution in [0, 0.1) is 0 Å². The molecule has 0 spiro atoms. The molecule has 0 fully saturated rings. The van der Waals surface area contributed by atoms with E-state index in [9.17, 15) is 4.79 Å². The Bertz CT molecular complexity index is 612. The van der Waals surface area contributed by atoms with Gasteiger partial charge < -0.3 is 15.4 Å². The summed E-state index contributed by atoms with van der Waals surface area (Å²) in [4.78, 5) is 22.2. The van der Waals surface area contributed by atoms with Crippen molar-refractivity contribution in [2.75, 3.05) is 31.3 Å². The van der Waals surface area contributed by atoms with E-state index in [0.717, 1.165) is 22.5 Å². The average molecular weight is 294 g/mol. The van der Waals surface area contributed by atoms with E-state index in [1.165, 1.54) is 12.0 Å². The van der Waals surface area contributed by atoms with Crippen LogP contribution in [0.25, 0.3) is 10.2 Å². The number of ether oxygens (including phenoxy) is 1. The van der Waals surface area contributed by atoms with Crippen molar-refractivity contribution in [3.63, 3.8) is 0 Å². The standard InChI is InChI=1S/C13H18N4O2S/c1-4-8-7-9-11(15-6-5-10(18)19-3)16-13(14-2)17-12(9)20-8/h7H,4-6H2,1-3H3,(H2,14,15,16,17). The van der Waals surface area contributed by atoms with Crippen LogP contribution in [0.4, 0.5) is 11.8 Å². The number of fused-ring (bicyclic) bond motifs is 1. The second-order valence-corrected chi connectivity index (χ2v) is 5.30. The number of anilines is 2. The molecule has 0 aliphatic heterocycles. The van der Waals surface area contributed by atoms with Crippen LogP contribution in [0.2, 0.25) is 0 Å². The molecular formula is C13H18N4O2S. The zero-order valence-corrected chi connectivity index (χ0v) is 12.6. The van der Waals surface area contributed by atoms with Crippen molar-refractivity contribution in [1.29, 1.82) is 0 Å². The molecule has 2 N–H and O–H groups in total. The van der Waals surface area contributed by atoms with Gasteiger partial charge in [-0.25, -0.2) is 4.98 Å². The first-order valence-corrected chi connectivity index (χ1v) is 7.28. The zero-order valence-electron chi connectivity index (χ0n) is 11.8. The topological polar surface area (TPSA) is 76.1 Å². The van der Waals surface area contributed by atoms with Gasteiger partial charge in [0.25, 0.3) is 0 Å². The predicted molar refractivity (Wildman–Crippen MR) is 81.5 cm³/mol. The van der Waals surface area contributed by atoms with Crippen LogP contribution in [0.1, 0.15) is 18.2 Å². The summed E-state index contributed by atoms with van der Waals surface area (Å²) in [5.41, 5.74) is 0. The molecule has 0 atom stereocenters. The van der Waals surface area contributed by atoms with Crippen molar-refractivity contribution in [3.05, 3.63) is 10.9 Å². The molecule has 0 aliphatic rings. The molecule has 0 radical (unpaired) electrons. The van der Waals surface area contributed by atoms with Crippen LogP contribution >= 0.6 is 11.3 Å². The predicted octanol–water partition coefficient (Wildman–Crippen LogP) is 2.27. The van der Waals surface area contributed by atoms with Gasteiger partial charge in [0.15, 0.2) is 0 Å². The van der Waals surface area contributed by atoms with Crippen molar-refractivity contribution in [2.45, 2.75) is 19.8 Å². The lowest BCUT2D eigenvalue weighted by Gasteiger charge is -2.07. The summed E-state index contributed by atoms with van der Waals surface area (Å²) in [5, 5.41) is 7.13. The molecule has 0 unspecified atom stereocenters. The number of hydrogen-bond acceptors (Lipinski definition) is 7. The van der Waals surface area contributed by atoms with Crippen LogP contribution in [-0.2, 0) is 16.0 Å². The lowest BCUT2D eigenvalue weighted by atomic mass is 10.3. The number of carbonyl (C=O) groups is 1. The van der Waals surface area contributed by atoms with Gasteiger partial charge in [0.1, 0.15) is 10.6 Å². The van der Waals surface area contributed by atoms with Gasteiger partial charge in [-0.05, 0) is 12.5 Å². The van der Waals surface area contributed by atoms with Crippen LogP contribution in [0.5, 0.6) is 0 Å². The molecule has 2 heterocycles. The number of thiophene rings is 1. The number of hydrogen-bond donors (Lipinski definition) is 2. The highest BCUT2D eigenvalue weighted by molar-refractivity contribution is 7.18. The zero-order chi connectivity index (χ0) is 14.5. The minimum atomic E-state index is -0.240. The Morgan fingerprint density at radius 2 is 2.25 bits per heavy atom. The van der Waals surface area contributed by atoms with Gasteiger partial charge in [-0.2, -0.15) is 4.98 Å². The molecule has 0 aliphatic carbocycles. The number of aryl methyl sites for hydroxylation is 1. The normalized spacial score (nSPS) is 10.6. The minimum Gasteiger partial charge on any atom is -0.469 e. The fourth-order valence-electron chi connectivity index (χ4n) is 1.78. The maximum absolute atomic E-state index is 11.1. The van der Waals surface area contributed by atoms with Crippen LogP contribution in [0.3, 0.4) is 0 Å². The third kappa shape index (κ3) is 3.16. The number of carbonyl (C=O) groups excluding carboxylic acids is 1. The summed E-state index contributed by atoms with van der Waals surface area (Å²) in [5.74, 6) is 1.08. The van der Waals surface area contributed by atoms with Crippen molar-refractivity contribution < 1.29 is 9.53 Å². The molecule has 0 aromatic carbocycles. The molecule has 0 bridgehead atoms. The van der Waals surface area contributed by atoms with Gasteiger partial charge in [0.2, 0.25) is 5.95 Å². The molecule has 6 nitrogen and oxygen atoms in total. The summed E-state index contributed by atoms with van der Waals surface area (Å²) in [6.45, 7) is 2.60.